The van der Waals surface area contributed by atoms with Crippen LogP contribution in [0.4, 0.5) is 0 Å². The summed E-state index contributed by atoms with van der Waals surface area (Å²) in [6.07, 6.45) is 5.90. The molecule has 6 nitrogen and oxygen atoms in total. The summed E-state index contributed by atoms with van der Waals surface area (Å²) >= 11 is 0. The van der Waals surface area contributed by atoms with Gasteiger partial charge in [-0.3, -0.25) is 9.78 Å². The Labute approximate surface area is 144 Å². The van der Waals surface area contributed by atoms with E-state index in [2.05, 4.69) is 29.3 Å². The molecule has 2 rings (SSSR count). The average Bonchev–Trinajstić information content (AvgIpc) is 2.60. The highest BCUT2D eigenvalue weighted by molar-refractivity contribution is 5.88. The molecular weight excluding hydrogens is 304 g/mol. The summed E-state index contributed by atoms with van der Waals surface area (Å²) in [4.78, 5) is 23.9. The molecule has 1 aliphatic heterocycles. The number of piperidine rings is 1. The molecule has 1 aromatic heterocycles. The quantitative estimate of drug-likeness (QED) is 0.778. The predicted molar refractivity (Wildman–Crippen MR) is 94.6 cm³/mol. The van der Waals surface area contributed by atoms with Crippen LogP contribution in [0.15, 0.2) is 29.7 Å². The monoisotopic (exact) mass is 332 g/mol. The van der Waals surface area contributed by atoms with Gasteiger partial charge in [0.2, 0.25) is 5.91 Å². The van der Waals surface area contributed by atoms with Crippen molar-refractivity contribution >= 4 is 11.6 Å². The molecule has 1 N–H and O–H groups in total. The third kappa shape index (κ3) is 5.60. The van der Waals surface area contributed by atoms with Crippen molar-refractivity contribution in [1.82, 2.24) is 15.2 Å². The molecule has 6 heteroatoms. The van der Waals surface area contributed by atoms with E-state index in [1.54, 1.807) is 12.4 Å². The Morgan fingerprint density at radius 2 is 2.00 bits per heavy atom. The van der Waals surface area contributed by atoms with Crippen LogP contribution in [0.25, 0.3) is 0 Å². The van der Waals surface area contributed by atoms with Gasteiger partial charge in [0, 0.05) is 38.3 Å². The standard InChI is InChI=1S/C18H28N4O2/c1-14(2)12-17(19-3)18(23)22-10-6-16(7-11-22)21-24-13-15-4-8-20-9-5-15/h4-5,8-9,14,17,19H,6-7,10-13H2,1-3H3. The molecule has 1 fully saturated rings. The molecule has 0 aliphatic carbocycles. The molecule has 1 amide bonds. The number of pyridine rings is 1. The van der Waals surface area contributed by atoms with Crippen LogP contribution in [0.5, 0.6) is 0 Å². The summed E-state index contributed by atoms with van der Waals surface area (Å²) in [6.45, 7) is 6.15. The number of hydrogen-bond donors (Lipinski definition) is 1. The summed E-state index contributed by atoms with van der Waals surface area (Å²) < 4.78 is 0. The van der Waals surface area contributed by atoms with Crippen molar-refractivity contribution in [3.63, 3.8) is 0 Å². The van der Waals surface area contributed by atoms with Crippen molar-refractivity contribution < 1.29 is 9.63 Å². The van der Waals surface area contributed by atoms with Gasteiger partial charge in [0.1, 0.15) is 6.61 Å². The van der Waals surface area contributed by atoms with Crippen LogP contribution in [0.1, 0.15) is 38.7 Å². The molecule has 0 aromatic carbocycles. The van der Waals surface area contributed by atoms with Crippen LogP contribution in [0.2, 0.25) is 0 Å². The minimum atomic E-state index is -0.0913. The van der Waals surface area contributed by atoms with Gasteiger partial charge in [-0.05, 0) is 37.1 Å². The highest BCUT2D eigenvalue weighted by atomic mass is 16.6. The Bertz CT molecular complexity index is 535. The van der Waals surface area contributed by atoms with Crippen LogP contribution >= 0.6 is 0 Å². The SMILES string of the molecule is CNC(CC(C)C)C(=O)N1CCC(=NOCc2ccncc2)CC1. The maximum absolute atomic E-state index is 12.6. The minimum absolute atomic E-state index is 0.0913. The topological polar surface area (TPSA) is 66.8 Å². The normalized spacial score (nSPS) is 16.2. The van der Waals surface area contributed by atoms with Crippen molar-refractivity contribution in [2.75, 3.05) is 20.1 Å². The summed E-state index contributed by atoms with van der Waals surface area (Å²) in [5.74, 6) is 0.692. The molecule has 2 heterocycles. The number of aromatic nitrogens is 1. The van der Waals surface area contributed by atoms with E-state index in [-0.39, 0.29) is 11.9 Å². The molecule has 1 unspecified atom stereocenters. The number of amides is 1. The first-order valence-corrected chi connectivity index (χ1v) is 8.62. The van der Waals surface area contributed by atoms with Crippen molar-refractivity contribution in [2.24, 2.45) is 11.1 Å². The number of rotatable bonds is 7. The zero-order valence-corrected chi connectivity index (χ0v) is 14.9. The second kappa shape index (κ2) is 9.37. The molecule has 1 atom stereocenters. The van der Waals surface area contributed by atoms with Gasteiger partial charge >= 0.3 is 0 Å². The fourth-order valence-electron chi connectivity index (χ4n) is 2.79. The molecular formula is C18H28N4O2. The highest BCUT2D eigenvalue weighted by Crippen LogP contribution is 2.13. The molecule has 1 saturated heterocycles. The second-order valence-corrected chi connectivity index (χ2v) is 6.58. The van der Waals surface area contributed by atoms with Crippen LogP contribution in [-0.2, 0) is 16.2 Å². The first-order valence-electron chi connectivity index (χ1n) is 8.62. The van der Waals surface area contributed by atoms with Crippen molar-refractivity contribution in [3.05, 3.63) is 30.1 Å². The summed E-state index contributed by atoms with van der Waals surface area (Å²) in [5.41, 5.74) is 2.07. The van der Waals surface area contributed by atoms with Gasteiger partial charge in [-0.2, -0.15) is 0 Å². The van der Waals surface area contributed by atoms with Gasteiger partial charge < -0.3 is 15.1 Å². The third-order valence-electron chi connectivity index (χ3n) is 4.18. The lowest BCUT2D eigenvalue weighted by Gasteiger charge is -2.31. The largest absolute Gasteiger partial charge is 0.391 e. The lowest BCUT2D eigenvalue weighted by molar-refractivity contribution is -0.133. The van der Waals surface area contributed by atoms with Gasteiger partial charge in [-0.15, -0.1) is 0 Å². The smallest absolute Gasteiger partial charge is 0.239 e. The van der Waals surface area contributed by atoms with E-state index >= 15 is 0 Å². The lowest BCUT2D eigenvalue weighted by atomic mass is 10.0. The number of hydrogen-bond acceptors (Lipinski definition) is 5. The average molecular weight is 332 g/mol. The zero-order valence-electron chi connectivity index (χ0n) is 14.9. The first-order chi connectivity index (χ1) is 11.6. The zero-order chi connectivity index (χ0) is 17.4. The molecule has 1 aliphatic rings. The number of likely N-dealkylation sites (tertiary alicyclic amines) is 1. The van der Waals surface area contributed by atoms with Gasteiger partial charge in [0.05, 0.1) is 11.8 Å². The number of likely N-dealkylation sites (N-methyl/N-ethyl adjacent to an activating group) is 1. The second-order valence-electron chi connectivity index (χ2n) is 6.58. The summed E-state index contributed by atoms with van der Waals surface area (Å²) in [7, 11) is 1.86. The van der Waals surface area contributed by atoms with E-state index in [9.17, 15) is 4.79 Å². The minimum Gasteiger partial charge on any atom is -0.391 e. The fourth-order valence-corrected chi connectivity index (χ4v) is 2.79. The number of nitrogens with one attached hydrogen (secondary N) is 1. The Morgan fingerprint density at radius 1 is 1.33 bits per heavy atom. The fraction of sp³-hybridized carbons (Fsp3) is 0.611. The van der Waals surface area contributed by atoms with E-state index in [1.165, 1.54) is 0 Å². The van der Waals surface area contributed by atoms with Crippen molar-refractivity contribution in [2.45, 2.75) is 45.8 Å². The van der Waals surface area contributed by atoms with Gasteiger partial charge in [-0.25, -0.2) is 0 Å². The van der Waals surface area contributed by atoms with Crippen LogP contribution in [-0.4, -0.2) is 47.7 Å². The van der Waals surface area contributed by atoms with E-state index in [0.29, 0.717) is 25.6 Å². The van der Waals surface area contributed by atoms with Gasteiger partial charge in [0.25, 0.3) is 0 Å². The third-order valence-corrected chi connectivity index (χ3v) is 4.18. The maximum atomic E-state index is 12.6. The Kier molecular flexibility index (Phi) is 7.18. The Balaban J connectivity index is 1.78. The Morgan fingerprint density at radius 3 is 2.58 bits per heavy atom. The van der Waals surface area contributed by atoms with E-state index < -0.39 is 0 Å². The van der Waals surface area contributed by atoms with Crippen LogP contribution in [0, 0.1) is 5.92 Å². The summed E-state index contributed by atoms with van der Waals surface area (Å²) in [6, 6.07) is 3.73. The molecule has 132 valence electrons. The summed E-state index contributed by atoms with van der Waals surface area (Å²) in [5, 5.41) is 7.37. The van der Waals surface area contributed by atoms with E-state index in [1.807, 2.05) is 24.1 Å². The van der Waals surface area contributed by atoms with E-state index in [4.69, 9.17) is 4.84 Å². The van der Waals surface area contributed by atoms with Crippen molar-refractivity contribution in [3.8, 4) is 0 Å². The molecule has 1 aromatic rings. The Hall–Kier alpha value is -1.95. The maximum Gasteiger partial charge on any atom is 0.239 e. The molecule has 0 spiro atoms. The molecule has 0 bridgehead atoms. The van der Waals surface area contributed by atoms with Gasteiger partial charge in [-0.1, -0.05) is 19.0 Å². The lowest BCUT2D eigenvalue weighted by Crippen LogP contribution is -2.48. The highest BCUT2D eigenvalue weighted by Gasteiger charge is 2.26. The number of carbonyl (C=O) groups is 1. The molecule has 0 saturated carbocycles. The number of oxime groups is 1. The first kappa shape index (κ1) is 18.4. The van der Waals surface area contributed by atoms with E-state index in [0.717, 1.165) is 30.5 Å². The van der Waals surface area contributed by atoms with Crippen LogP contribution in [0.3, 0.4) is 0 Å². The number of nitrogens with zero attached hydrogens (tertiary/aromatic N) is 3. The molecule has 0 radical (unpaired) electrons. The van der Waals surface area contributed by atoms with Crippen molar-refractivity contribution in [1.29, 1.82) is 0 Å². The molecule has 24 heavy (non-hydrogen) atoms. The number of carbonyl (C=O) groups excluding carboxylic acids is 1. The van der Waals surface area contributed by atoms with Crippen LogP contribution < -0.4 is 5.32 Å². The van der Waals surface area contributed by atoms with Gasteiger partial charge in [0.15, 0.2) is 0 Å². The predicted octanol–water partition coefficient (Wildman–Crippen LogP) is 2.21.